The molecular weight excluding hydrogens is 178 g/mol. The van der Waals surface area contributed by atoms with Crippen LogP contribution in [0.1, 0.15) is 18.3 Å². The fraction of sp³-hybridized carbons (Fsp3) is 0.400. The zero-order valence-electron chi connectivity index (χ0n) is 8.61. The van der Waals surface area contributed by atoms with Crippen molar-refractivity contribution >= 4 is 0 Å². The van der Waals surface area contributed by atoms with Gasteiger partial charge in [0.2, 0.25) is 0 Å². The summed E-state index contributed by atoms with van der Waals surface area (Å²) in [5, 5.41) is 8.20. The smallest absolute Gasteiger partial charge is 0.170 e. The van der Waals surface area contributed by atoms with Gasteiger partial charge in [-0.25, -0.2) is 0 Å². The summed E-state index contributed by atoms with van der Waals surface area (Å²) in [6.45, 7) is 4.02. The number of aromatic nitrogens is 3. The second kappa shape index (κ2) is 3.29. The third-order valence-corrected chi connectivity index (χ3v) is 2.20. The van der Waals surface area contributed by atoms with E-state index in [4.69, 9.17) is 4.52 Å². The van der Waals surface area contributed by atoms with Crippen molar-refractivity contribution in [3.63, 3.8) is 0 Å². The van der Waals surface area contributed by atoms with Crippen molar-refractivity contribution in [3.05, 3.63) is 23.7 Å². The molecule has 0 bridgehead atoms. The van der Waals surface area contributed by atoms with Crippen LogP contribution in [0, 0.1) is 6.92 Å². The van der Waals surface area contributed by atoms with Gasteiger partial charge in [0, 0.05) is 19.3 Å². The number of hydrogen-bond donors (Lipinski definition) is 0. The lowest BCUT2D eigenvalue weighted by Crippen LogP contribution is -1.86. The number of rotatable bonds is 2. The molecule has 0 aliphatic heterocycles. The molecule has 14 heavy (non-hydrogen) atoms. The molecule has 74 valence electrons. The second-order valence-electron chi connectivity index (χ2n) is 3.34. The highest BCUT2D eigenvalue weighted by atomic mass is 16.5. The zero-order chi connectivity index (χ0) is 10.1. The lowest BCUT2D eigenvalue weighted by Gasteiger charge is -1.87. The molecule has 0 fully saturated rings. The highest BCUT2D eigenvalue weighted by Crippen LogP contribution is 2.22. The molecule has 2 aromatic heterocycles. The van der Waals surface area contributed by atoms with Gasteiger partial charge in [-0.2, -0.15) is 5.10 Å². The average molecular weight is 191 g/mol. The molecule has 0 unspecified atom stereocenters. The number of nitrogens with zero attached hydrogens (tertiary/aromatic N) is 3. The normalized spacial score (nSPS) is 10.8. The van der Waals surface area contributed by atoms with Crippen LogP contribution in [0.5, 0.6) is 0 Å². The van der Waals surface area contributed by atoms with Gasteiger partial charge in [0.15, 0.2) is 5.76 Å². The van der Waals surface area contributed by atoms with E-state index in [9.17, 15) is 0 Å². The fourth-order valence-corrected chi connectivity index (χ4v) is 1.45. The Hall–Kier alpha value is -1.58. The maximum absolute atomic E-state index is 5.23. The van der Waals surface area contributed by atoms with Crippen LogP contribution in [-0.4, -0.2) is 14.9 Å². The van der Waals surface area contributed by atoms with E-state index in [0.29, 0.717) is 0 Å². The van der Waals surface area contributed by atoms with Crippen molar-refractivity contribution in [1.29, 1.82) is 0 Å². The van der Waals surface area contributed by atoms with Gasteiger partial charge in [0.1, 0.15) is 0 Å². The summed E-state index contributed by atoms with van der Waals surface area (Å²) in [6.07, 6.45) is 2.83. The first-order valence-corrected chi connectivity index (χ1v) is 4.67. The summed E-state index contributed by atoms with van der Waals surface area (Å²) < 4.78 is 7.01. The Balaban J connectivity index is 2.43. The largest absolute Gasteiger partial charge is 0.356 e. The standard InChI is InChI=1S/C10H13N3O/c1-4-8-5-10(14-12-8)9-6-13(3)11-7(9)2/h5-6H,4H2,1-3H3. The van der Waals surface area contributed by atoms with Gasteiger partial charge in [-0.05, 0) is 13.3 Å². The van der Waals surface area contributed by atoms with E-state index >= 15 is 0 Å². The molecule has 0 saturated heterocycles. The van der Waals surface area contributed by atoms with Gasteiger partial charge < -0.3 is 4.52 Å². The van der Waals surface area contributed by atoms with E-state index in [1.54, 1.807) is 4.68 Å². The number of aryl methyl sites for hydroxylation is 3. The Morgan fingerprint density at radius 1 is 1.50 bits per heavy atom. The molecule has 4 heteroatoms. The molecule has 0 saturated carbocycles. The van der Waals surface area contributed by atoms with Crippen molar-refractivity contribution in [2.75, 3.05) is 0 Å². The molecule has 0 N–H and O–H groups in total. The predicted molar refractivity (Wildman–Crippen MR) is 52.8 cm³/mol. The van der Waals surface area contributed by atoms with Crippen molar-refractivity contribution in [1.82, 2.24) is 14.9 Å². The van der Waals surface area contributed by atoms with Crippen LogP contribution in [0.15, 0.2) is 16.8 Å². The summed E-state index contributed by atoms with van der Waals surface area (Å²) in [5.41, 5.74) is 2.95. The summed E-state index contributed by atoms with van der Waals surface area (Å²) >= 11 is 0. The molecule has 0 spiro atoms. The van der Waals surface area contributed by atoms with Gasteiger partial charge in [-0.1, -0.05) is 12.1 Å². The summed E-state index contributed by atoms with van der Waals surface area (Å²) in [5.74, 6) is 0.799. The lowest BCUT2D eigenvalue weighted by molar-refractivity contribution is 0.424. The molecule has 2 rings (SSSR count). The first-order valence-electron chi connectivity index (χ1n) is 4.67. The Morgan fingerprint density at radius 3 is 2.79 bits per heavy atom. The molecule has 4 nitrogen and oxygen atoms in total. The van der Waals surface area contributed by atoms with E-state index in [2.05, 4.69) is 17.2 Å². The minimum Gasteiger partial charge on any atom is -0.356 e. The van der Waals surface area contributed by atoms with Crippen LogP contribution in [0.25, 0.3) is 11.3 Å². The first-order chi connectivity index (χ1) is 6.70. The summed E-state index contributed by atoms with van der Waals surface area (Å²) in [6, 6.07) is 1.96. The van der Waals surface area contributed by atoms with Crippen LogP contribution >= 0.6 is 0 Å². The third kappa shape index (κ3) is 1.43. The van der Waals surface area contributed by atoms with Crippen LogP contribution in [0.2, 0.25) is 0 Å². The van der Waals surface area contributed by atoms with Crippen LogP contribution in [0.3, 0.4) is 0 Å². The molecule has 0 radical (unpaired) electrons. The van der Waals surface area contributed by atoms with Gasteiger partial charge in [-0.15, -0.1) is 0 Å². The van der Waals surface area contributed by atoms with Crippen molar-refractivity contribution in [2.45, 2.75) is 20.3 Å². The summed E-state index contributed by atoms with van der Waals surface area (Å²) in [7, 11) is 1.90. The van der Waals surface area contributed by atoms with Crippen LogP contribution < -0.4 is 0 Å². The Bertz CT molecular complexity index is 442. The zero-order valence-corrected chi connectivity index (χ0v) is 8.61. The minimum absolute atomic E-state index is 0.799. The molecule has 0 amide bonds. The molecule has 0 aromatic carbocycles. The quantitative estimate of drug-likeness (QED) is 0.728. The van der Waals surface area contributed by atoms with Crippen molar-refractivity contribution in [3.8, 4) is 11.3 Å². The number of hydrogen-bond acceptors (Lipinski definition) is 3. The first kappa shape index (κ1) is 8.99. The van der Waals surface area contributed by atoms with E-state index < -0.39 is 0 Å². The molecule has 2 aromatic rings. The van der Waals surface area contributed by atoms with E-state index in [-0.39, 0.29) is 0 Å². The third-order valence-electron chi connectivity index (χ3n) is 2.20. The Morgan fingerprint density at radius 2 is 2.29 bits per heavy atom. The van der Waals surface area contributed by atoms with Gasteiger partial charge >= 0.3 is 0 Å². The monoisotopic (exact) mass is 191 g/mol. The highest BCUT2D eigenvalue weighted by molar-refractivity contribution is 5.59. The highest BCUT2D eigenvalue weighted by Gasteiger charge is 2.10. The van der Waals surface area contributed by atoms with Crippen LogP contribution in [0.4, 0.5) is 0 Å². The van der Waals surface area contributed by atoms with Crippen LogP contribution in [-0.2, 0) is 13.5 Å². The SMILES string of the molecule is CCc1cc(-c2cn(C)nc2C)on1. The van der Waals surface area contributed by atoms with Crippen molar-refractivity contribution < 1.29 is 4.52 Å². The average Bonchev–Trinajstić information content (AvgIpc) is 2.71. The lowest BCUT2D eigenvalue weighted by atomic mass is 10.2. The van der Waals surface area contributed by atoms with Gasteiger partial charge in [-0.3, -0.25) is 4.68 Å². The van der Waals surface area contributed by atoms with Gasteiger partial charge in [0.05, 0.1) is 17.0 Å². The molecule has 0 atom stereocenters. The fourth-order valence-electron chi connectivity index (χ4n) is 1.45. The molecule has 0 aliphatic carbocycles. The second-order valence-corrected chi connectivity index (χ2v) is 3.34. The predicted octanol–water partition coefficient (Wildman–Crippen LogP) is 1.95. The topological polar surface area (TPSA) is 43.9 Å². The molecule has 2 heterocycles. The van der Waals surface area contributed by atoms with Gasteiger partial charge in [0.25, 0.3) is 0 Å². The maximum atomic E-state index is 5.23. The molecular formula is C10H13N3O. The Kier molecular flexibility index (Phi) is 2.11. The van der Waals surface area contributed by atoms with E-state index in [0.717, 1.165) is 29.1 Å². The van der Waals surface area contributed by atoms with E-state index in [1.807, 2.05) is 26.2 Å². The summed E-state index contributed by atoms with van der Waals surface area (Å²) in [4.78, 5) is 0. The Labute approximate surface area is 82.5 Å². The molecule has 0 aliphatic rings. The minimum atomic E-state index is 0.799. The maximum Gasteiger partial charge on any atom is 0.170 e. The van der Waals surface area contributed by atoms with E-state index in [1.165, 1.54) is 0 Å². The van der Waals surface area contributed by atoms with Crippen molar-refractivity contribution in [2.24, 2.45) is 7.05 Å².